The Morgan fingerprint density at radius 1 is 0.690 bits per heavy atom. The Hall–Kier alpha value is -1.98. The SMILES string of the molecule is CC(=O)CCCCCCCn1c(C)cc(=O)n(CCCCCCCC(C)=O)c1=O. The molecule has 0 spiro atoms. The zero-order valence-electron chi connectivity index (χ0n) is 18.5. The molecule has 6 nitrogen and oxygen atoms in total. The minimum absolute atomic E-state index is 0.205. The lowest BCUT2D eigenvalue weighted by molar-refractivity contribution is -0.117. The van der Waals surface area contributed by atoms with Gasteiger partial charge in [-0.3, -0.25) is 13.9 Å². The van der Waals surface area contributed by atoms with Gasteiger partial charge in [-0.2, -0.15) is 0 Å². The van der Waals surface area contributed by atoms with Crippen LogP contribution in [0.4, 0.5) is 0 Å². The molecule has 0 fully saturated rings. The minimum atomic E-state index is -0.218. The molecule has 0 aliphatic rings. The molecule has 0 aromatic carbocycles. The van der Waals surface area contributed by atoms with E-state index in [-0.39, 0.29) is 22.8 Å². The van der Waals surface area contributed by atoms with Gasteiger partial charge >= 0.3 is 5.69 Å². The summed E-state index contributed by atoms with van der Waals surface area (Å²) in [4.78, 5) is 46.9. The number of aromatic nitrogens is 2. The van der Waals surface area contributed by atoms with Crippen molar-refractivity contribution >= 4 is 11.6 Å². The summed E-state index contributed by atoms with van der Waals surface area (Å²) in [6.45, 7) is 6.13. The molecule has 0 N–H and O–H groups in total. The van der Waals surface area contributed by atoms with Crippen LogP contribution in [0.25, 0.3) is 0 Å². The van der Waals surface area contributed by atoms with Crippen molar-refractivity contribution in [2.75, 3.05) is 0 Å². The van der Waals surface area contributed by atoms with Crippen molar-refractivity contribution in [3.8, 4) is 0 Å². The summed E-state index contributed by atoms with van der Waals surface area (Å²) in [7, 11) is 0. The van der Waals surface area contributed by atoms with Gasteiger partial charge in [-0.05, 0) is 46.5 Å². The van der Waals surface area contributed by atoms with E-state index in [0.717, 1.165) is 69.9 Å². The molecule has 0 unspecified atom stereocenters. The Kier molecular flexibility index (Phi) is 12.2. The molecule has 1 aromatic rings. The summed E-state index contributed by atoms with van der Waals surface area (Å²) < 4.78 is 3.07. The molecular weight excluding hydrogens is 368 g/mol. The number of carbonyl (C=O) groups is 2. The third kappa shape index (κ3) is 10.4. The molecule has 0 aliphatic heterocycles. The van der Waals surface area contributed by atoms with Gasteiger partial charge in [0.2, 0.25) is 0 Å². The fraction of sp³-hybridized carbons (Fsp3) is 0.739. The average Bonchev–Trinajstić information content (AvgIpc) is 2.64. The van der Waals surface area contributed by atoms with Crippen molar-refractivity contribution in [2.45, 2.75) is 111 Å². The molecule has 6 heteroatoms. The lowest BCUT2D eigenvalue weighted by atomic mass is 10.1. The van der Waals surface area contributed by atoms with E-state index in [0.29, 0.717) is 25.9 Å². The highest BCUT2D eigenvalue weighted by molar-refractivity contribution is 5.75. The van der Waals surface area contributed by atoms with Crippen molar-refractivity contribution in [3.05, 3.63) is 32.6 Å². The second kappa shape index (κ2) is 14.1. The molecule has 0 bridgehead atoms. The molecule has 1 rings (SSSR count). The first-order chi connectivity index (χ1) is 13.8. The van der Waals surface area contributed by atoms with E-state index in [1.165, 1.54) is 4.57 Å². The van der Waals surface area contributed by atoms with Crippen LogP contribution in [0, 0.1) is 6.92 Å². The number of rotatable bonds is 16. The quantitative estimate of drug-likeness (QED) is 0.386. The number of nitrogens with zero attached hydrogens (tertiary/aromatic N) is 2. The van der Waals surface area contributed by atoms with E-state index in [1.807, 2.05) is 6.92 Å². The fourth-order valence-electron chi connectivity index (χ4n) is 3.55. The van der Waals surface area contributed by atoms with Crippen LogP contribution in [-0.4, -0.2) is 20.7 Å². The van der Waals surface area contributed by atoms with Crippen LogP contribution < -0.4 is 11.2 Å². The summed E-state index contributed by atoms with van der Waals surface area (Å²) in [5, 5.41) is 0. The number of hydrogen-bond donors (Lipinski definition) is 0. The number of hydrogen-bond acceptors (Lipinski definition) is 4. The van der Waals surface area contributed by atoms with E-state index in [2.05, 4.69) is 0 Å². The van der Waals surface area contributed by atoms with E-state index < -0.39 is 0 Å². The lowest BCUT2D eigenvalue weighted by Gasteiger charge is -2.13. The Bertz CT molecular complexity index is 761. The van der Waals surface area contributed by atoms with Gasteiger partial charge < -0.3 is 9.59 Å². The standard InChI is InChI=1S/C23H38N2O4/c1-19-18-22(28)25(17-13-9-5-7-11-15-21(3)27)23(29)24(19)16-12-8-4-6-10-14-20(2)26/h18H,4-17H2,1-3H3. The third-order valence-electron chi connectivity index (χ3n) is 5.31. The highest BCUT2D eigenvalue weighted by Crippen LogP contribution is 2.08. The molecule has 0 aliphatic carbocycles. The van der Waals surface area contributed by atoms with Crippen molar-refractivity contribution in [1.82, 2.24) is 9.13 Å². The second-order valence-corrected chi connectivity index (χ2v) is 8.15. The molecule has 1 aromatic heterocycles. The van der Waals surface area contributed by atoms with Gasteiger partial charge in [-0.15, -0.1) is 0 Å². The maximum atomic E-state index is 12.7. The maximum Gasteiger partial charge on any atom is 0.331 e. The third-order valence-corrected chi connectivity index (χ3v) is 5.31. The zero-order valence-corrected chi connectivity index (χ0v) is 18.5. The van der Waals surface area contributed by atoms with E-state index in [1.54, 1.807) is 24.5 Å². The summed E-state index contributed by atoms with van der Waals surface area (Å²) in [6.07, 6.45) is 11.0. The van der Waals surface area contributed by atoms with E-state index in [4.69, 9.17) is 0 Å². The van der Waals surface area contributed by atoms with Crippen molar-refractivity contribution < 1.29 is 9.59 Å². The Balaban J connectivity index is 2.44. The molecule has 0 amide bonds. The Morgan fingerprint density at radius 2 is 1.10 bits per heavy atom. The number of Topliss-reactive ketones (excluding diaryl/α,β-unsaturated/α-hetero) is 2. The van der Waals surface area contributed by atoms with Crippen LogP contribution in [0.5, 0.6) is 0 Å². The van der Waals surface area contributed by atoms with Crippen LogP contribution in [0.3, 0.4) is 0 Å². The molecule has 29 heavy (non-hydrogen) atoms. The number of carbonyl (C=O) groups excluding carboxylic acids is 2. The van der Waals surface area contributed by atoms with Crippen molar-refractivity contribution in [1.29, 1.82) is 0 Å². The molecule has 0 radical (unpaired) electrons. The van der Waals surface area contributed by atoms with Gasteiger partial charge in [0, 0.05) is 37.7 Å². The first-order valence-corrected chi connectivity index (χ1v) is 11.1. The van der Waals surface area contributed by atoms with Crippen LogP contribution in [0.1, 0.15) is 96.6 Å². The van der Waals surface area contributed by atoms with Gasteiger partial charge in [0.25, 0.3) is 5.56 Å². The molecule has 164 valence electrons. The van der Waals surface area contributed by atoms with Crippen molar-refractivity contribution in [3.63, 3.8) is 0 Å². The topological polar surface area (TPSA) is 78.1 Å². The second-order valence-electron chi connectivity index (χ2n) is 8.15. The summed E-state index contributed by atoms with van der Waals surface area (Å²) in [6, 6.07) is 1.56. The van der Waals surface area contributed by atoms with Gasteiger partial charge in [-0.25, -0.2) is 4.79 Å². The minimum Gasteiger partial charge on any atom is -0.300 e. The summed E-state index contributed by atoms with van der Waals surface area (Å²) in [5.41, 5.74) is 0.296. The predicted octanol–water partition coefficient (Wildman–Crippen LogP) is 4.18. The lowest BCUT2D eigenvalue weighted by Crippen LogP contribution is -2.40. The monoisotopic (exact) mass is 406 g/mol. The molecule has 0 atom stereocenters. The average molecular weight is 407 g/mol. The largest absolute Gasteiger partial charge is 0.331 e. The fourth-order valence-corrected chi connectivity index (χ4v) is 3.55. The molecular formula is C23H38N2O4. The molecule has 0 saturated carbocycles. The predicted molar refractivity (Wildman–Crippen MR) is 116 cm³/mol. The molecule has 1 heterocycles. The summed E-state index contributed by atoms with van der Waals surface area (Å²) in [5.74, 6) is 0.471. The highest BCUT2D eigenvalue weighted by Gasteiger charge is 2.08. The zero-order chi connectivity index (χ0) is 21.6. The number of ketones is 2. The van der Waals surface area contributed by atoms with Crippen LogP contribution in [0.15, 0.2) is 15.7 Å². The van der Waals surface area contributed by atoms with Gasteiger partial charge in [0.05, 0.1) is 0 Å². The number of aryl methyl sites for hydroxylation is 1. The Labute approximate surface area is 174 Å². The normalized spacial score (nSPS) is 11.0. The van der Waals surface area contributed by atoms with Gasteiger partial charge in [0.15, 0.2) is 0 Å². The Morgan fingerprint density at radius 3 is 1.59 bits per heavy atom. The van der Waals surface area contributed by atoms with Crippen LogP contribution in [-0.2, 0) is 22.7 Å². The van der Waals surface area contributed by atoms with Crippen LogP contribution >= 0.6 is 0 Å². The van der Waals surface area contributed by atoms with E-state index >= 15 is 0 Å². The maximum absolute atomic E-state index is 12.7. The van der Waals surface area contributed by atoms with Gasteiger partial charge in [0.1, 0.15) is 11.6 Å². The smallest absolute Gasteiger partial charge is 0.300 e. The number of unbranched alkanes of at least 4 members (excludes halogenated alkanes) is 8. The first kappa shape index (κ1) is 25.1. The first-order valence-electron chi connectivity index (χ1n) is 11.1. The van der Waals surface area contributed by atoms with Crippen LogP contribution in [0.2, 0.25) is 0 Å². The van der Waals surface area contributed by atoms with E-state index in [9.17, 15) is 19.2 Å². The highest BCUT2D eigenvalue weighted by atomic mass is 16.2. The molecule has 0 saturated heterocycles. The van der Waals surface area contributed by atoms with Crippen molar-refractivity contribution in [2.24, 2.45) is 0 Å². The van der Waals surface area contributed by atoms with Gasteiger partial charge in [-0.1, -0.05) is 38.5 Å². The summed E-state index contributed by atoms with van der Waals surface area (Å²) >= 11 is 0.